The first-order valence-corrected chi connectivity index (χ1v) is 30.8. The molecule has 2 aliphatic rings. The summed E-state index contributed by atoms with van der Waals surface area (Å²) in [7, 11) is 0. The highest BCUT2D eigenvalue weighted by atomic mass is 32.3. The molecule has 2 aliphatic heterocycles. The molecule has 0 saturated heterocycles. The zero-order chi connectivity index (χ0) is 51.7. The van der Waals surface area contributed by atoms with Crippen molar-refractivity contribution in [1.29, 1.82) is 0 Å². The molecule has 12 heteroatoms. The minimum Gasteiger partial charge on any atom is -0.491 e. The van der Waals surface area contributed by atoms with Gasteiger partial charge in [-0.3, -0.25) is 0 Å². The Balaban J connectivity index is 0.759. The summed E-state index contributed by atoms with van der Waals surface area (Å²) in [5.41, 5.74) is 8.33. The number of thioether (sulfide) groups is 6. The van der Waals surface area contributed by atoms with Crippen molar-refractivity contribution in [3.05, 3.63) is 202 Å². The Morgan fingerprint density at radius 3 is 1.38 bits per heavy atom. The highest BCUT2D eigenvalue weighted by Crippen LogP contribution is 2.64. The number of fused-ring (bicyclic) bond motifs is 2. The van der Waals surface area contributed by atoms with Crippen LogP contribution in [0.4, 0.5) is 0 Å². The van der Waals surface area contributed by atoms with Crippen molar-refractivity contribution >= 4 is 81.3 Å². The Bertz CT molecular complexity index is 2960. The van der Waals surface area contributed by atoms with Crippen LogP contribution in [0.3, 0.4) is 0 Å². The lowest BCUT2D eigenvalue weighted by molar-refractivity contribution is 0.0768. The molecule has 1 aromatic heterocycles. The molecule has 386 valence electrons. The number of aryl methyl sites for hydroxylation is 1. The summed E-state index contributed by atoms with van der Waals surface area (Å²) in [6.45, 7) is 19.2. The second-order valence-corrected chi connectivity index (χ2v) is 27.3. The van der Waals surface area contributed by atoms with Gasteiger partial charge in [-0.1, -0.05) is 205 Å². The Morgan fingerprint density at radius 1 is 0.459 bits per heavy atom. The highest BCUT2D eigenvalue weighted by Gasteiger charge is 2.39. The lowest BCUT2D eigenvalue weighted by atomic mass is 9.64. The summed E-state index contributed by atoms with van der Waals surface area (Å²) in [5.74, 6) is 3.32. The maximum atomic E-state index is 6.28. The molecule has 1 N–H and O–H groups in total. The summed E-state index contributed by atoms with van der Waals surface area (Å²) < 4.78 is 36.4. The molecule has 0 bridgehead atoms. The highest BCUT2D eigenvalue weighted by molar-refractivity contribution is 8.42. The van der Waals surface area contributed by atoms with Gasteiger partial charge in [0.15, 0.2) is 0 Å². The third kappa shape index (κ3) is 12.8. The molecule has 0 atom stereocenters. The zero-order valence-corrected chi connectivity index (χ0v) is 48.6. The van der Waals surface area contributed by atoms with Gasteiger partial charge in [-0.25, -0.2) is 0 Å². The smallest absolute Gasteiger partial charge is 0.127 e. The molecule has 0 saturated carbocycles. The van der Waals surface area contributed by atoms with Crippen LogP contribution in [-0.2, 0) is 32.1 Å². The van der Waals surface area contributed by atoms with E-state index in [0.29, 0.717) is 46.2 Å². The summed E-state index contributed by atoms with van der Waals surface area (Å²) in [5, 5.41) is 2.01. The van der Waals surface area contributed by atoms with E-state index in [1.165, 1.54) is 65.7 Å². The third-order valence-electron chi connectivity index (χ3n) is 13.2. The monoisotopic (exact) mass is 1100 g/mol. The van der Waals surface area contributed by atoms with Gasteiger partial charge in [0.25, 0.3) is 0 Å². The largest absolute Gasteiger partial charge is 0.491 e. The Labute approximate surface area is 464 Å². The van der Waals surface area contributed by atoms with E-state index in [4.69, 9.17) is 23.7 Å². The number of ether oxygens (including phenoxy) is 5. The van der Waals surface area contributed by atoms with Crippen molar-refractivity contribution in [3.8, 4) is 17.2 Å². The number of hydrogen-bond donors (Lipinski definition) is 1. The van der Waals surface area contributed by atoms with Gasteiger partial charge in [-0.05, 0) is 86.7 Å². The van der Waals surface area contributed by atoms with Crippen LogP contribution in [0.25, 0.3) is 10.8 Å². The Morgan fingerprint density at radius 2 is 0.892 bits per heavy atom. The molecule has 7 aromatic rings. The van der Waals surface area contributed by atoms with Gasteiger partial charge >= 0.3 is 0 Å². The SMILES string of the molecule is CCc1ccc(C(c2ccc(OCCOCCOc3cccc4c(OCCOCCSC5=C(SC)SC(=C6Sc7c[nH]cc7S6)S5)cccc34)cc2)(c2ccc(C(C)(C)C)cc2)c2ccc(C(C)(C)C)cc2)cc1. The molecular formula is C62H67NO5S6. The van der Waals surface area contributed by atoms with E-state index >= 15 is 0 Å². The zero-order valence-electron chi connectivity index (χ0n) is 43.7. The van der Waals surface area contributed by atoms with Gasteiger partial charge < -0.3 is 28.7 Å². The van der Waals surface area contributed by atoms with Crippen molar-refractivity contribution in [3.63, 3.8) is 0 Å². The van der Waals surface area contributed by atoms with Gasteiger partial charge in [0, 0.05) is 38.7 Å². The number of benzene rings is 6. The average Bonchev–Trinajstić information content (AvgIpc) is 4.15. The fourth-order valence-electron chi connectivity index (χ4n) is 9.14. The van der Waals surface area contributed by atoms with Crippen molar-refractivity contribution < 1.29 is 23.7 Å². The molecule has 9 rings (SSSR count). The van der Waals surface area contributed by atoms with Crippen LogP contribution in [0.15, 0.2) is 173 Å². The average molecular weight is 1100 g/mol. The Kier molecular flexibility index (Phi) is 18.3. The van der Waals surface area contributed by atoms with Crippen molar-refractivity contribution in [2.75, 3.05) is 58.3 Å². The van der Waals surface area contributed by atoms with Crippen molar-refractivity contribution in [2.45, 2.75) is 80.9 Å². The first-order valence-electron chi connectivity index (χ1n) is 25.4. The maximum Gasteiger partial charge on any atom is 0.127 e. The van der Waals surface area contributed by atoms with Crippen LogP contribution in [0.1, 0.15) is 87.4 Å². The van der Waals surface area contributed by atoms with Crippen LogP contribution in [-0.4, -0.2) is 63.2 Å². The fourth-order valence-corrected chi connectivity index (χ4v) is 17.2. The summed E-state index contributed by atoms with van der Waals surface area (Å²) in [6.07, 6.45) is 7.33. The molecule has 0 spiro atoms. The van der Waals surface area contributed by atoms with Crippen LogP contribution >= 0.6 is 70.6 Å². The first-order chi connectivity index (χ1) is 35.8. The van der Waals surface area contributed by atoms with Gasteiger partial charge in [0.1, 0.15) is 37.1 Å². The topological polar surface area (TPSA) is 61.9 Å². The van der Waals surface area contributed by atoms with Gasteiger partial charge in [-0.15, -0.1) is 23.5 Å². The molecule has 6 aromatic carbocycles. The van der Waals surface area contributed by atoms with Gasteiger partial charge in [-0.2, -0.15) is 0 Å². The number of hydrogen-bond acceptors (Lipinski definition) is 11. The minimum atomic E-state index is -0.564. The minimum absolute atomic E-state index is 0.0421. The van der Waals surface area contributed by atoms with Crippen molar-refractivity contribution in [1.82, 2.24) is 4.98 Å². The normalized spacial score (nSPS) is 14.1. The van der Waals surface area contributed by atoms with Crippen LogP contribution in [0, 0.1) is 0 Å². The molecule has 0 fully saturated rings. The molecule has 0 radical (unpaired) electrons. The van der Waals surface area contributed by atoms with Crippen LogP contribution < -0.4 is 14.2 Å². The number of aromatic amines is 1. The predicted molar refractivity (Wildman–Crippen MR) is 321 cm³/mol. The van der Waals surface area contributed by atoms with E-state index in [1.807, 2.05) is 94.8 Å². The first kappa shape index (κ1) is 54.5. The standard InChI is InChI=1S/C62H67NO5S6/c1-9-42-16-18-45(19-17-42)62(46-24-20-43(21-25-46)60(2,3)4,47-26-22-44(23-27-47)61(5,6)7)48-28-30-49(31-29-48)66-35-32-64-33-36-67-52-14-10-13-51-50(52)12-11-15-53(51)68-37-34-65-38-39-70-57-56(69-8)73-59(74-57)58-71-54-40-63-41-55(54)72-58/h10-31,40-41,63H,9,32-39H2,1-8H3. The van der Waals surface area contributed by atoms with Gasteiger partial charge in [0.05, 0.1) is 48.8 Å². The summed E-state index contributed by atoms with van der Waals surface area (Å²) >= 11 is 11.2. The van der Waals surface area contributed by atoms with E-state index in [-0.39, 0.29) is 10.8 Å². The predicted octanol–water partition coefficient (Wildman–Crippen LogP) is 17.3. The molecule has 0 amide bonds. The summed E-state index contributed by atoms with van der Waals surface area (Å²) in [4.78, 5) is 5.85. The fraction of sp³-hybridized carbons (Fsp3) is 0.323. The van der Waals surface area contributed by atoms with E-state index in [1.54, 1.807) is 0 Å². The second kappa shape index (κ2) is 24.8. The van der Waals surface area contributed by atoms with E-state index in [9.17, 15) is 0 Å². The molecule has 0 aliphatic carbocycles. The second-order valence-electron chi connectivity index (χ2n) is 20.2. The van der Waals surface area contributed by atoms with E-state index < -0.39 is 5.41 Å². The number of H-pyrrole nitrogens is 1. The molecule has 6 nitrogen and oxygen atoms in total. The number of rotatable bonds is 22. The van der Waals surface area contributed by atoms with E-state index in [2.05, 4.69) is 181 Å². The summed E-state index contributed by atoms with van der Waals surface area (Å²) in [6, 6.07) is 48.6. The Hall–Kier alpha value is -4.24. The lowest BCUT2D eigenvalue weighted by Gasteiger charge is -2.38. The van der Waals surface area contributed by atoms with Crippen LogP contribution in [0.5, 0.6) is 17.2 Å². The third-order valence-corrected chi connectivity index (χ3v) is 21.6. The lowest BCUT2D eigenvalue weighted by Crippen LogP contribution is -2.31. The van der Waals surface area contributed by atoms with E-state index in [0.717, 1.165) is 40.2 Å². The van der Waals surface area contributed by atoms with Crippen molar-refractivity contribution in [2.24, 2.45) is 0 Å². The molecule has 3 heterocycles. The quantitative estimate of drug-likeness (QED) is 0.0522. The molecular weight excluding hydrogens is 1030 g/mol. The maximum absolute atomic E-state index is 6.28. The van der Waals surface area contributed by atoms with Gasteiger partial charge in [0.2, 0.25) is 0 Å². The molecule has 74 heavy (non-hydrogen) atoms. The molecule has 0 unspecified atom stereocenters. The van der Waals surface area contributed by atoms with Crippen LogP contribution in [0.2, 0.25) is 0 Å². The number of nitrogens with one attached hydrogen (secondary N) is 1. The number of aromatic nitrogens is 1.